The van der Waals surface area contributed by atoms with Crippen LogP contribution in [-0.2, 0) is 0 Å². The van der Waals surface area contributed by atoms with E-state index in [1.165, 1.54) is 6.20 Å². The van der Waals surface area contributed by atoms with Crippen molar-refractivity contribution in [3.8, 4) is 0 Å². The van der Waals surface area contributed by atoms with E-state index in [1.807, 2.05) is 26.0 Å². The maximum absolute atomic E-state index is 12.2. The lowest BCUT2D eigenvalue weighted by Gasteiger charge is -2.04. The molecule has 0 bridgehead atoms. The Hall–Kier alpha value is -1.90. The molecule has 0 radical (unpaired) electrons. The molecule has 0 fully saturated rings. The molecule has 0 aliphatic heterocycles. The van der Waals surface area contributed by atoms with Gasteiger partial charge in [-0.05, 0) is 25.0 Å². The molecular formula is C14H15NO2. The fourth-order valence-corrected chi connectivity index (χ4v) is 1.97. The van der Waals surface area contributed by atoms with E-state index in [1.54, 1.807) is 6.07 Å². The lowest BCUT2D eigenvalue weighted by atomic mass is 10.0. The summed E-state index contributed by atoms with van der Waals surface area (Å²) in [4.78, 5) is 27.0. The van der Waals surface area contributed by atoms with Gasteiger partial charge in [0.1, 0.15) is 0 Å². The smallest absolute Gasteiger partial charge is 0.200 e. The summed E-state index contributed by atoms with van der Waals surface area (Å²) in [6.45, 7) is 3.86. The molecule has 2 aromatic rings. The van der Waals surface area contributed by atoms with Crippen LogP contribution in [0.5, 0.6) is 0 Å². The summed E-state index contributed by atoms with van der Waals surface area (Å²) in [5.41, 5.74) is 1.92. The average molecular weight is 229 g/mol. The van der Waals surface area contributed by atoms with Crippen LogP contribution in [0, 0.1) is 6.92 Å². The standard InChI is InChI=1S/C14H15NO2/c1-3-5-12(16)11-8-15-13-9(2)6-4-7-10(13)14(11)17/h4,6-8H,3,5H2,1-2H3,(H,15,17). The number of carbonyl (C=O) groups is 1. The predicted molar refractivity (Wildman–Crippen MR) is 68.5 cm³/mol. The van der Waals surface area contributed by atoms with Gasteiger partial charge in [0.05, 0.1) is 11.1 Å². The summed E-state index contributed by atoms with van der Waals surface area (Å²) in [5, 5.41) is 0.590. The number of nitrogens with one attached hydrogen (secondary N) is 1. The second-order valence-corrected chi connectivity index (χ2v) is 4.20. The molecule has 0 atom stereocenters. The van der Waals surface area contributed by atoms with Crippen LogP contribution in [-0.4, -0.2) is 10.8 Å². The highest BCUT2D eigenvalue weighted by Gasteiger charge is 2.12. The van der Waals surface area contributed by atoms with Gasteiger partial charge in [0, 0.05) is 18.0 Å². The van der Waals surface area contributed by atoms with Gasteiger partial charge < -0.3 is 4.98 Å². The summed E-state index contributed by atoms with van der Waals surface area (Å²) in [5.74, 6) is -0.0860. The highest BCUT2D eigenvalue weighted by Crippen LogP contribution is 2.13. The summed E-state index contributed by atoms with van der Waals surface area (Å²) in [6.07, 6.45) is 2.71. The van der Waals surface area contributed by atoms with E-state index >= 15 is 0 Å². The van der Waals surface area contributed by atoms with Gasteiger partial charge in [-0.1, -0.05) is 19.1 Å². The quantitative estimate of drug-likeness (QED) is 0.823. The average Bonchev–Trinajstić information content (AvgIpc) is 2.31. The van der Waals surface area contributed by atoms with Crippen LogP contribution in [0.15, 0.2) is 29.2 Å². The van der Waals surface area contributed by atoms with Gasteiger partial charge >= 0.3 is 0 Å². The molecule has 1 heterocycles. The van der Waals surface area contributed by atoms with Crippen LogP contribution in [0.4, 0.5) is 0 Å². The SMILES string of the molecule is CCCC(=O)c1c[nH]c2c(C)cccc2c1=O. The van der Waals surface area contributed by atoms with Crippen LogP contribution in [0.25, 0.3) is 10.9 Å². The van der Waals surface area contributed by atoms with Crippen molar-refractivity contribution in [1.82, 2.24) is 4.98 Å². The summed E-state index contributed by atoms with van der Waals surface area (Å²) in [6, 6.07) is 5.52. The molecule has 1 N–H and O–H groups in total. The van der Waals surface area contributed by atoms with Crippen molar-refractivity contribution in [2.24, 2.45) is 0 Å². The Balaban J connectivity index is 2.67. The fourth-order valence-electron chi connectivity index (χ4n) is 1.97. The molecule has 3 nitrogen and oxygen atoms in total. The second kappa shape index (κ2) is 4.53. The molecule has 0 aliphatic rings. The number of hydrogen-bond donors (Lipinski definition) is 1. The molecule has 0 amide bonds. The minimum absolute atomic E-state index is 0.0860. The Morgan fingerprint density at radius 1 is 1.35 bits per heavy atom. The van der Waals surface area contributed by atoms with Crippen LogP contribution < -0.4 is 5.43 Å². The first kappa shape index (κ1) is 11.6. The molecule has 0 unspecified atom stereocenters. The zero-order valence-corrected chi connectivity index (χ0v) is 10.0. The largest absolute Gasteiger partial charge is 0.360 e. The first-order valence-electron chi connectivity index (χ1n) is 5.79. The van der Waals surface area contributed by atoms with Gasteiger partial charge in [0.25, 0.3) is 0 Å². The van der Waals surface area contributed by atoms with E-state index in [0.717, 1.165) is 17.5 Å². The summed E-state index contributed by atoms with van der Waals surface area (Å²) in [7, 11) is 0. The van der Waals surface area contributed by atoms with Crippen LogP contribution in [0.2, 0.25) is 0 Å². The molecule has 2 rings (SSSR count). The van der Waals surface area contributed by atoms with Gasteiger partial charge in [-0.2, -0.15) is 0 Å². The molecule has 17 heavy (non-hydrogen) atoms. The van der Waals surface area contributed by atoms with E-state index in [-0.39, 0.29) is 16.8 Å². The van der Waals surface area contributed by atoms with Gasteiger partial charge in [0.15, 0.2) is 11.2 Å². The molecule has 0 aliphatic carbocycles. The van der Waals surface area contributed by atoms with E-state index < -0.39 is 0 Å². The first-order chi connectivity index (χ1) is 8.15. The number of aromatic nitrogens is 1. The molecule has 88 valence electrons. The van der Waals surface area contributed by atoms with Gasteiger partial charge in [-0.15, -0.1) is 0 Å². The van der Waals surface area contributed by atoms with Crippen molar-refractivity contribution in [2.75, 3.05) is 0 Å². The second-order valence-electron chi connectivity index (χ2n) is 4.20. The normalized spacial score (nSPS) is 10.7. The lowest BCUT2D eigenvalue weighted by molar-refractivity contribution is 0.0980. The number of Topliss-reactive ketones (excluding diaryl/α,β-unsaturated/α-hetero) is 1. The van der Waals surface area contributed by atoms with Crippen molar-refractivity contribution >= 4 is 16.7 Å². The molecule has 0 saturated carbocycles. The molecule has 0 spiro atoms. The zero-order chi connectivity index (χ0) is 12.4. The number of aromatic amines is 1. The first-order valence-corrected chi connectivity index (χ1v) is 5.79. The third-order valence-electron chi connectivity index (χ3n) is 2.90. The van der Waals surface area contributed by atoms with Crippen molar-refractivity contribution in [3.05, 3.63) is 45.7 Å². The molecule has 1 aromatic heterocycles. The minimum Gasteiger partial charge on any atom is -0.360 e. The Morgan fingerprint density at radius 2 is 2.12 bits per heavy atom. The Kier molecular flexibility index (Phi) is 3.09. The summed E-state index contributed by atoms with van der Waals surface area (Å²) >= 11 is 0. The third-order valence-corrected chi connectivity index (χ3v) is 2.90. The third kappa shape index (κ3) is 2.00. The molecule has 0 saturated heterocycles. The minimum atomic E-state index is -0.166. The lowest BCUT2D eigenvalue weighted by Crippen LogP contribution is -2.15. The fraction of sp³-hybridized carbons (Fsp3) is 0.286. The van der Waals surface area contributed by atoms with Gasteiger partial charge in [-0.25, -0.2) is 0 Å². The number of para-hydroxylation sites is 1. The van der Waals surface area contributed by atoms with Gasteiger partial charge in [-0.3, -0.25) is 9.59 Å². The molecular weight excluding hydrogens is 214 g/mol. The molecule has 1 aromatic carbocycles. The Labute approximate surface area is 99.5 Å². The number of ketones is 1. The predicted octanol–water partition coefficient (Wildman–Crippen LogP) is 2.82. The maximum Gasteiger partial charge on any atom is 0.200 e. The number of pyridine rings is 1. The van der Waals surface area contributed by atoms with Gasteiger partial charge in [0.2, 0.25) is 0 Å². The Bertz CT molecular complexity index is 626. The van der Waals surface area contributed by atoms with E-state index in [0.29, 0.717) is 11.8 Å². The number of carbonyl (C=O) groups excluding carboxylic acids is 1. The maximum atomic E-state index is 12.2. The number of fused-ring (bicyclic) bond motifs is 1. The summed E-state index contributed by atoms with van der Waals surface area (Å²) < 4.78 is 0. The van der Waals surface area contributed by atoms with Crippen molar-refractivity contribution in [2.45, 2.75) is 26.7 Å². The van der Waals surface area contributed by atoms with E-state index in [2.05, 4.69) is 4.98 Å². The number of aryl methyl sites for hydroxylation is 1. The van der Waals surface area contributed by atoms with Crippen LogP contribution in [0.3, 0.4) is 0 Å². The van der Waals surface area contributed by atoms with Crippen LogP contribution >= 0.6 is 0 Å². The number of H-pyrrole nitrogens is 1. The van der Waals surface area contributed by atoms with Crippen LogP contribution in [0.1, 0.15) is 35.7 Å². The number of benzene rings is 1. The highest BCUT2D eigenvalue weighted by atomic mass is 16.1. The Morgan fingerprint density at radius 3 is 2.82 bits per heavy atom. The van der Waals surface area contributed by atoms with E-state index in [4.69, 9.17) is 0 Å². The zero-order valence-electron chi connectivity index (χ0n) is 10.0. The number of rotatable bonds is 3. The highest BCUT2D eigenvalue weighted by molar-refractivity contribution is 5.98. The topological polar surface area (TPSA) is 49.9 Å². The monoisotopic (exact) mass is 229 g/mol. The van der Waals surface area contributed by atoms with Crippen molar-refractivity contribution in [1.29, 1.82) is 0 Å². The molecule has 3 heteroatoms. The van der Waals surface area contributed by atoms with Crippen molar-refractivity contribution < 1.29 is 4.79 Å². The van der Waals surface area contributed by atoms with Crippen molar-refractivity contribution in [3.63, 3.8) is 0 Å². The van der Waals surface area contributed by atoms with E-state index in [9.17, 15) is 9.59 Å². The number of hydrogen-bond acceptors (Lipinski definition) is 2.